The van der Waals surface area contributed by atoms with Crippen molar-refractivity contribution in [2.75, 3.05) is 6.54 Å². The van der Waals surface area contributed by atoms with Crippen LogP contribution >= 0.6 is 0 Å². The molecule has 2 N–H and O–H groups in total. The zero-order valence-corrected chi connectivity index (χ0v) is 10.4. The van der Waals surface area contributed by atoms with Crippen molar-refractivity contribution in [2.24, 2.45) is 5.73 Å². The van der Waals surface area contributed by atoms with Crippen molar-refractivity contribution in [3.63, 3.8) is 0 Å². The summed E-state index contributed by atoms with van der Waals surface area (Å²) in [7, 11) is 0. The summed E-state index contributed by atoms with van der Waals surface area (Å²) >= 11 is 0. The first-order valence-electron chi connectivity index (χ1n) is 5.67. The fourth-order valence-corrected chi connectivity index (χ4v) is 2.12. The third kappa shape index (κ3) is 2.06. The SMILES string of the molecule is Cc1nn(-c2ccncn2)c(C)c1C(C)CN. The van der Waals surface area contributed by atoms with Crippen molar-refractivity contribution in [1.29, 1.82) is 0 Å². The maximum absolute atomic E-state index is 5.73. The molecule has 1 atom stereocenters. The molecule has 17 heavy (non-hydrogen) atoms. The van der Waals surface area contributed by atoms with Crippen LogP contribution in [0.1, 0.15) is 29.8 Å². The first-order chi connectivity index (χ1) is 8.15. The summed E-state index contributed by atoms with van der Waals surface area (Å²) in [6.07, 6.45) is 3.24. The molecule has 0 aliphatic rings. The summed E-state index contributed by atoms with van der Waals surface area (Å²) in [6, 6.07) is 1.84. The number of aromatic nitrogens is 4. The third-order valence-corrected chi connectivity index (χ3v) is 2.98. The minimum atomic E-state index is 0.311. The van der Waals surface area contributed by atoms with Gasteiger partial charge in [-0.25, -0.2) is 14.6 Å². The number of aryl methyl sites for hydroxylation is 1. The minimum absolute atomic E-state index is 0.311. The molecule has 5 heteroatoms. The van der Waals surface area contributed by atoms with E-state index in [2.05, 4.69) is 22.0 Å². The van der Waals surface area contributed by atoms with Crippen molar-refractivity contribution in [2.45, 2.75) is 26.7 Å². The van der Waals surface area contributed by atoms with E-state index in [0.29, 0.717) is 12.5 Å². The number of rotatable bonds is 3. The Bertz CT molecular complexity index is 503. The van der Waals surface area contributed by atoms with Crippen molar-refractivity contribution in [3.05, 3.63) is 35.5 Å². The van der Waals surface area contributed by atoms with Crippen molar-refractivity contribution in [1.82, 2.24) is 19.7 Å². The Balaban J connectivity index is 2.52. The molecule has 1 unspecified atom stereocenters. The molecule has 0 aliphatic carbocycles. The van der Waals surface area contributed by atoms with Crippen LogP contribution in [0.3, 0.4) is 0 Å². The highest BCUT2D eigenvalue weighted by Crippen LogP contribution is 2.23. The lowest BCUT2D eigenvalue weighted by Gasteiger charge is -2.09. The van der Waals surface area contributed by atoms with Crippen LogP contribution in [0.2, 0.25) is 0 Å². The second-order valence-corrected chi connectivity index (χ2v) is 4.20. The number of hydrogen-bond donors (Lipinski definition) is 1. The van der Waals surface area contributed by atoms with Crippen LogP contribution in [0.15, 0.2) is 18.6 Å². The molecule has 0 radical (unpaired) electrons. The molecule has 2 aromatic heterocycles. The van der Waals surface area contributed by atoms with E-state index in [-0.39, 0.29) is 0 Å². The van der Waals surface area contributed by atoms with Gasteiger partial charge in [0.1, 0.15) is 6.33 Å². The van der Waals surface area contributed by atoms with E-state index in [1.807, 2.05) is 24.6 Å². The number of nitrogens with zero attached hydrogens (tertiary/aromatic N) is 4. The molecular weight excluding hydrogens is 214 g/mol. The minimum Gasteiger partial charge on any atom is -0.330 e. The maximum atomic E-state index is 5.73. The largest absolute Gasteiger partial charge is 0.330 e. The topological polar surface area (TPSA) is 69.6 Å². The van der Waals surface area contributed by atoms with Crippen LogP contribution in [0.4, 0.5) is 0 Å². The molecule has 2 rings (SSSR count). The van der Waals surface area contributed by atoms with E-state index in [4.69, 9.17) is 5.73 Å². The predicted molar refractivity (Wildman–Crippen MR) is 66.1 cm³/mol. The Morgan fingerprint density at radius 3 is 2.76 bits per heavy atom. The van der Waals surface area contributed by atoms with Crippen LogP contribution in [-0.2, 0) is 0 Å². The van der Waals surface area contributed by atoms with Gasteiger partial charge >= 0.3 is 0 Å². The third-order valence-electron chi connectivity index (χ3n) is 2.98. The molecule has 0 aromatic carbocycles. The van der Waals surface area contributed by atoms with E-state index in [9.17, 15) is 0 Å². The Kier molecular flexibility index (Phi) is 3.19. The van der Waals surface area contributed by atoms with Gasteiger partial charge in [0, 0.05) is 23.5 Å². The fraction of sp³-hybridized carbons (Fsp3) is 0.417. The monoisotopic (exact) mass is 231 g/mol. The average molecular weight is 231 g/mol. The summed E-state index contributed by atoms with van der Waals surface area (Å²) < 4.78 is 1.85. The molecule has 2 aromatic rings. The van der Waals surface area contributed by atoms with E-state index < -0.39 is 0 Å². The number of hydrogen-bond acceptors (Lipinski definition) is 4. The second-order valence-electron chi connectivity index (χ2n) is 4.20. The van der Waals surface area contributed by atoms with Crippen molar-refractivity contribution < 1.29 is 0 Å². The van der Waals surface area contributed by atoms with Gasteiger partial charge in [0.2, 0.25) is 0 Å². The Morgan fingerprint density at radius 1 is 1.41 bits per heavy atom. The summed E-state index contributed by atoms with van der Waals surface area (Å²) in [4.78, 5) is 8.12. The molecule has 0 saturated heterocycles. The van der Waals surface area contributed by atoms with Crippen LogP contribution in [0.5, 0.6) is 0 Å². The van der Waals surface area contributed by atoms with Gasteiger partial charge in [-0.3, -0.25) is 0 Å². The molecule has 5 nitrogen and oxygen atoms in total. The highest BCUT2D eigenvalue weighted by Gasteiger charge is 2.17. The van der Waals surface area contributed by atoms with Gasteiger partial charge in [-0.05, 0) is 26.3 Å². The van der Waals surface area contributed by atoms with Gasteiger partial charge in [-0.1, -0.05) is 6.92 Å². The Hall–Kier alpha value is -1.75. The summed E-state index contributed by atoms with van der Waals surface area (Å²) in [5.74, 6) is 1.10. The summed E-state index contributed by atoms with van der Waals surface area (Å²) in [5.41, 5.74) is 9.05. The van der Waals surface area contributed by atoms with E-state index in [1.54, 1.807) is 6.20 Å². The smallest absolute Gasteiger partial charge is 0.156 e. The first-order valence-corrected chi connectivity index (χ1v) is 5.67. The molecule has 2 heterocycles. The van der Waals surface area contributed by atoms with E-state index in [0.717, 1.165) is 17.2 Å². The van der Waals surface area contributed by atoms with Crippen molar-refractivity contribution >= 4 is 0 Å². The second kappa shape index (κ2) is 4.63. The highest BCUT2D eigenvalue weighted by atomic mass is 15.3. The van der Waals surface area contributed by atoms with Gasteiger partial charge in [-0.2, -0.15) is 5.10 Å². The molecule has 0 saturated carbocycles. The molecule has 0 spiro atoms. The lowest BCUT2D eigenvalue weighted by molar-refractivity contribution is 0.757. The van der Waals surface area contributed by atoms with Gasteiger partial charge in [0.15, 0.2) is 5.82 Å². The zero-order chi connectivity index (χ0) is 12.4. The van der Waals surface area contributed by atoms with Crippen molar-refractivity contribution in [3.8, 4) is 5.82 Å². The molecule has 0 amide bonds. The predicted octanol–water partition coefficient (Wildman–Crippen LogP) is 1.34. The molecule has 90 valence electrons. The number of nitrogens with two attached hydrogens (primary N) is 1. The Morgan fingerprint density at radius 2 is 2.18 bits per heavy atom. The quantitative estimate of drug-likeness (QED) is 0.865. The molecule has 0 fully saturated rings. The van der Waals surface area contributed by atoms with Gasteiger partial charge < -0.3 is 5.73 Å². The summed E-state index contributed by atoms with van der Waals surface area (Å²) in [6.45, 7) is 6.79. The van der Waals surface area contributed by atoms with E-state index in [1.165, 1.54) is 11.9 Å². The van der Waals surface area contributed by atoms with Crippen LogP contribution in [-0.4, -0.2) is 26.3 Å². The fourth-order valence-electron chi connectivity index (χ4n) is 2.12. The lowest BCUT2D eigenvalue weighted by atomic mass is 9.99. The first kappa shape index (κ1) is 11.7. The lowest BCUT2D eigenvalue weighted by Crippen LogP contribution is -2.11. The van der Waals surface area contributed by atoms with Gasteiger partial charge in [-0.15, -0.1) is 0 Å². The van der Waals surface area contributed by atoms with Crippen LogP contribution < -0.4 is 5.73 Å². The van der Waals surface area contributed by atoms with Crippen LogP contribution in [0.25, 0.3) is 5.82 Å². The standard InChI is InChI=1S/C12H17N5/c1-8(6-13)12-9(2)16-17(10(12)3)11-4-5-14-7-15-11/h4-5,7-8H,6,13H2,1-3H3. The molecular formula is C12H17N5. The van der Waals surface area contributed by atoms with Crippen LogP contribution in [0, 0.1) is 13.8 Å². The Labute approximate surface area is 101 Å². The van der Waals surface area contributed by atoms with E-state index >= 15 is 0 Å². The maximum Gasteiger partial charge on any atom is 0.156 e. The average Bonchev–Trinajstić information content (AvgIpc) is 2.65. The summed E-state index contributed by atoms with van der Waals surface area (Å²) in [5, 5.41) is 4.52. The zero-order valence-electron chi connectivity index (χ0n) is 10.4. The van der Waals surface area contributed by atoms with Gasteiger partial charge in [0.25, 0.3) is 0 Å². The highest BCUT2D eigenvalue weighted by molar-refractivity contribution is 5.34. The molecule has 0 aliphatic heterocycles. The van der Waals surface area contributed by atoms with Gasteiger partial charge in [0.05, 0.1) is 5.69 Å². The molecule has 0 bridgehead atoms. The normalized spacial score (nSPS) is 12.7.